The highest BCUT2D eigenvalue weighted by atomic mass is 19.1. The summed E-state index contributed by atoms with van der Waals surface area (Å²) in [5, 5.41) is 0. The van der Waals surface area contributed by atoms with Gasteiger partial charge in [-0.3, -0.25) is 4.90 Å². The second-order valence-corrected chi connectivity index (χ2v) is 3.54. The molecule has 0 aromatic rings. The summed E-state index contributed by atoms with van der Waals surface area (Å²) in [6.07, 6.45) is -0.595. The van der Waals surface area contributed by atoms with Crippen molar-refractivity contribution in [2.45, 2.75) is 46.8 Å². The Kier molecular flexibility index (Phi) is 5.47. The van der Waals surface area contributed by atoms with Gasteiger partial charge in [0.25, 0.3) is 0 Å². The molecule has 2 unspecified atom stereocenters. The Morgan fingerprint density at radius 2 is 1.75 bits per heavy atom. The number of hydrogen-bond donors (Lipinski definition) is 0. The lowest BCUT2D eigenvalue weighted by Crippen LogP contribution is -2.28. The van der Waals surface area contributed by atoms with Crippen LogP contribution in [0.4, 0.5) is 4.39 Å². The molecule has 0 bridgehead atoms. The molecule has 74 valence electrons. The van der Waals surface area contributed by atoms with Crippen LogP contribution in [0.5, 0.6) is 0 Å². The topological polar surface area (TPSA) is 3.24 Å². The lowest BCUT2D eigenvalue weighted by molar-refractivity contribution is 0.245. The Hall–Kier alpha value is -0.110. The van der Waals surface area contributed by atoms with Crippen LogP contribution in [-0.2, 0) is 0 Å². The molecule has 2 atom stereocenters. The van der Waals surface area contributed by atoms with E-state index in [9.17, 15) is 4.39 Å². The van der Waals surface area contributed by atoms with E-state index in [1.165, 1.54) is 0 Å². The molecule has 1 nitrogen and oxygen atoms in total. The number of hydrogen-bond acceptors (Lipinski definition) is 1. The highest BCUT2D eigenvalue weighted by Crippen LogP contribution is 2.20. The second kappa shape index (κ2) is 5.52. The maximum atomic E-state index is 12.9. The normalized spacial score (nSPS) is 30.2. The van der Waals surface area contributed by atoms with E-state index in [4.69, 9.17) is 0 Å². The van der Waals surface area contributed by atoms with E-state index in [0.717, 1.165) is 6.54 Å². The summed E-state index contributed by atoms with van der Waals surface area (Å²) in [5.74, 6) is 0.238. The van der Waals surface area contributed by atoms with Gasteiger partial charge in [0.05, 0.1) is 0 Å². The fraction of sp³-hybridized carbons (Fsp3) is 1.00. The van der Waals surface area contributed by atoms with E-state index in [-0.39, 0.29) is 5.92 Å². The van der Waals surface area contributed by atoms with E-state index < -0.39 is 6.17 Å². The third kappa shape index (κ3) is 3.10. The quantitative estimate of drug-likeness (QED) is 0.592. The Morgan fingerprint density at radius 3 is 1.92 bits per heavy atom. The molecule has 0 radical (unpaired) electrons. The molecule has 0 amide bonds. The maximum Gasteiger partial charge on any atom is 0.116 e. The van der Waals surface area contributed by atoms with Crippen molar-refractivity contribution in [1.29, 1.82) is 0 Å². The zero-order chi connectivity index (χ0) is 9.72. The van der Waals surface area contributed by atoms with Gasteiger partial charge in [0, 0.05) is 25.0 Å². The van der Waals surface area contributed by atoms with Gasteiger partial charge in [-0.2, -0.15) is 0 Å². The Balaban J connectivity index is 0.000000561. The average Bonchev–Trinajstić information content (AvgIpc) is 2.36. The molecule has 1 saturated heterocycles. The predicted molar refractivity (Wildman–Crippen MR) is 52.1 cm³/mol. The van der Waals surface area contributed by atoms with Gasteiger partial charge < -0.3 is 0 Å². The lowest BCUT2D eigenvalue weighted by Gasteiger charge is -2.18. The van der Waals surface area contributed by atoms with Crippen molar-refractivity contribution in [3.63, 3.8) is 0 Å². The largest absolute Gasteiger partial charge is 0.298 e. The van der Waals surface area contributed by atoms with Crippen LogP contribution in [0.1, 0.15) is 34.6 Å². The van der Waals surface area contributed by atoms with Crippen molar-refractivity contribution in [3.05, 3.63) is 0 Å². The number of likely N-dealkylation sites (tertiary alicyclic amines) is 1. The first-order valence-corrected chi connectivity index (χ1v) is 4.99. The third-order valence-electron chi connectivity index (χ3n) is 2.28. The summed E-state index contributed by atoms with van der Waals surface area (Å²) in [7, 11) is 0. The Bertz CT molecular complexity index is 104. The first kappa shape index (κ1) is 11.9. The molecule has 1 fully saturated rings. The van der Waals surface area contributed by atoms with E-state index >= 15 is 0 Å². The fourth-order valence-electron chi connectivity index (χ4n) is 1.38. The fourth-order valence-corrected chi connectivity index (χ4v) is 1.38. The molecule has 1 heterocycles. The molecule has 12 heavy (non-hydrogen) atoms. The number of rotatable bonds is 1. The van der Waals surface area contributed by atoms with E-state index in [0.29, 0.717) is 12.6 Å². The van der Waals surface area contributed by atoms with Gasteiger partial charge in [-0.05, 0) is 13.8 Å². The standard InChI is InChI=1S/C8H16FN.C2H6/c1-6(2)10-4-7(3)8(9)5-10;1-2/h6-8H,4-5H2,1-3H3;1-2H3. The number of nitrogens with zero attached hydrogens (tertiary/aromatic N) is 1. The molecular weight excluding hydrogens is 153 g/mol. The van der Waals surface area contributed by atoms with Gasteiger partial charge in [0.15, 0.2) is 0 Å². The van der Waals surface area contributed by atoms with Crippen LogP contribution in [0.3, 0.4) is 0 Å². The lowest BCUT2D eigenvalue weighted by atomic mass is 10.1. The molecule has 1 rings (SSSR count). The summed E-state index contributed by atoms with van der Waals surface area (Å²) in [6.45, 7) is 11.8. The predicted octanol–water partition coefficient (Wildman–Crippen LogP) is 2.71. The summed E-state index contributed by atoms with van der Waals surface area (Å²) in [4.78, 5) is 2.19. The number of halogens is 1. The molecular formula is C10H22FN. The van der Waals surface area contributed by atoms with Gasteiger partial charge in [0.1, 0.15) is 6.17 Å². The molecule has 0 aromatic carbocycles. The SMILES string of the molecule is CC.CC1CN(C(C)C)CC1F. The third-order valence-corrected chi connectivity index (χ3v) is 2.28. The molecule has 0 aliphatic carbocycles. The first-order valence-electron chi connectivity index (χ1n) is 4.99. The van der Waals surface area contributed by atoms with Crippen LogP contribution in [0.25, 0.3) is 0 Å². The average molecular weight is 175 g/mol. The van der Waals surface area contributed by atoms with E-state index in [1.54, 1.807) is 0 Å². The van der Waals surface area contributed by atoms with Crippen LogP contribution in [0.15, 0.2) is 0 Å². The molecule has 0 N–H and O–H groups in total. The van der Waals surface area contributed by atoms with Gasteiger partial charge in [-0.25, -0.2) is 4.39 Å². The first-order chi connectivity index (χ1) is 5.61. The van der Waals surface area contributed by atoms with Crippen LogP contribution >= 0.6 is 0 Å². The highest BCUT2D eigenvalue weighted by Gasteiger charge is 2.30. The summed E-state index contributed by atoms with van der Waals surface area (Å²) in [6, 6.07) is 0.503. The van der Waals surface area contributed by atoms with Crippen LogP contribution in [0, 0.1) is 5.92 Å². The number of alkyl halides is 1. The van der Waals surface area contributed by atoms with E-state index in [1.807, 2.05) is 20.8 Å². The van der Waals surface area contributed by atoms with Gasteiger partial charge in [0.2, 0.25) is 0 Å². The van der Waals surface area contributed by atoms with Crippen LogP contribution < -0.4 is 0 Å². The van der Waals surface area contributed by atoms with Gasteiger partial charge >= 0.3 is 0 Å². The minimum absolute atomic E-state index is 0.238. The maximum absolute atomic E-state index is 12.9. The van der Waals surface area contributed by atoms with Crippen molar-refractivity contribution < 1.29 is 4.39 Å². The molecule has 1 aliphatic rings. The van der Waals surface area contributed by atoms with Crippen molar-refractivity contribution >= 4 is 0 Å². The van der Waals surface area contributed by atoms with Gasteiger partial charge in [-0.1, -0.05) is 20.8 Å². The zero-order valence-corrected chi connectivity index (χ0v) is 8.97. The Labute approximate surface area is 75.9 Å². The Morgan fingerprint density at radius 1 is 1.25 bits per heavy atom. The van der Waals surface area contributed by atoms with Crippen LogP contribution in [-0.4, -0.2) is 30.2 Å². The van der Waals surface area contributed by atoms with Crippen molar-refractivity contribution in [2.75, 3.05) is 13.1 Å². The van der Waals surface area contributed by atoms with Crippen molar-refractivity contribution in [2.24, 2.45) is 5.92 Å². The summed E-state index contributed by atoms with van der Waals surface area (Å²) < 4.78 is 12.9. The minimum atomic E-state index is -0.595. The minimum Gasteiger partial charge on any atom is -0.298 e. The molecule has 0 spiro atoms. The van der Waals surface area contributed by atoms with E-state index in [2.05, 4.69) is 18.7 Å². The summed E-state index contributed by atoms with van der Waals surface area (Å²) >= 11 is 0. The molecule has 0 aromatic heterocycles. The van der Waals surface area contributed by atoms with Crippen molar-refractivity contribution in [3.8, 4) is 0 Å². The van der Waals surface area contributed by atoms with Gasteiger partial charge in [-0.15, -0.1) is 0 Å². The molecule has 2 heteroatoms. The highest BCUT2D eigenvalue weighted by molar-refractivity contribution is 4.82. The summed E-state index contributed by atoms with van der Waals surface area (Å²) in [5.41, 5.74) is 0. The smallest absolute Gasteiger partial charge is 0.116 e. The zero-order valence-electron chi connectivity index (χ0n) is 8.97. The molecule has 1 aliphatic heterocycles. The second-order valence-electron chi connectivity index (χ2n) is 3.54. The monoisotopic (exact) mass is 175 g/mol. The van der Waals surface area contributed by atoms with Crippen molar-refractivity contribution in [1.82, 2.24) is 4.90 Å². The van der Waals surface area contributed by atoms with Crippen LogP contribution in [0.2, 0.25) is 0 Å². The molecule has 0 saturated carbocycles.